The number of ether oxygens (including phenoxy) is 1. The predicted octanol–water partition coefficient (Wildman–Crippen LogP) is 0.649. The lowest BCUT2D eigenvalue weighted by Crippen LogP contribution is -2.56. The molecule has 25 heavy (non-hydrogen) atoms. The van der Waals surface area contributed by atoms with Gasteiger partial charge < -0.3 is 19.9 Å². The second-order valence-corrected chi connectivity index (χ2v) is 6.32. The molecule has 0 radical (unpaired) electrons. The molecule has 1 aromatic carbocycles. The van der Waals surface area contributed by atoms with Gasteiger partial charge in [0, 0.05) is 32.2 Å². The van der Waals surface area contributed by atoms with Crippen molar-refractivity contribution in [1.29, 1.82) is 0 Å². The van der Waals surface area contributed by atoms with Gasteiger partial charge in [-0.25, -0.2) is 0 Å². The molecule has 1 heterocycles. The van der Waals surface area contributed by atoms with Crippen molar-refractivity contribution in [1.82, 2.24) is 15.1 Å². The van der Waals surface area contributed by atoms with Crippen molar-refractivity contribution in [3.05, 3.63) is 30.3 Å². The Morgan fingerprint density at radius 1 is 0.960 bits per heavy atom. The fourth-order valence-corrected chi connectivity index (χ4v) is 2.61. The highest BCUT2D eigenvalue weighted by Gasteiger charge is 2.30. The molecular formula is C18H25N3O4. The van der Waals surface area contributed by atoms with E-state index in [1.807, 2.05) is 18.2 Å². The molecule has 3 amide bonds. The van der Waals surface area contributed by atoms with Crippen LogP contribution in [0.25, 0.3) is 0 Å². The van der Waals surface area contributed by atoms with Crippen LogP contribution in [0.2, 0.25) is 0 Å². The van der Waals surface area contributed by atoms with E-state index in [4.69, 9.17) is 4.74 Å². The minimum absolute atomic E-state index is 0.0877. The number of carbonyl (C=O) groups excluding carboxylic acids is 3. The molecule has 1 saturated heterocycles. The average molecular weight is 347 g/mol. The standard InChI is InChI=1S/C18H25N3O4/c1-13(2)19-16(22)18(24)21-11-9-20(10-12-21)17(23)14(3)25-15-7-5-4-6-8-15/h4-8,13-14H,9-12H2,1-3H3,(H,19,22)/t14-/m0/s1. The van der Waals surface area contributed by atoms with E-state index in [0.29, 0.717) is 31.9 Å². The monoisotopic (exact) mass is 347 g/mol. The Bertz CT molecular complexity index is 610. The average Bonchev–Trinajstić information content (AvgIpc) is 2.60. The van der Waals surface area contributed by atoms with Crippen molar-refractivity contribution in [2.24, 2.45) is 0 Å². The van der Waals surface area contributed by atoms with Gasteiger partial charge in [0.1, 0.15) is 5.75 Å². The highest BCUT2D eigenvalue weighted by atomic mass is 16.5. The zero-order valence-electron chi connectivity index (χ0n) is 14.9. The summed E-state index contributed by atoms with van der Waals surface area (Å²) in [6.45, 7) is 6.78. The smallest absolute Gasteiger partial charge is 0.312 e. The predicted molar refractivity (Wildman–Crippen MR) is 93.0 cm³/mol. The third-order valence-corrected chi connectivity index (χ3v) is 3.90. The van der Waals surface area contributed by atoms with Crippen LogP contribution in [0.4, 0.5) is 0 Å². The molecule has 1 aliphatic heterocycles. The van der Waals surface area contributed by atoms with E-state index in [9.17, 15) is 14.4 Å². The summed E-state index contributed by atoms with van der Waals surface area (Å²) in [7, 11) is 0. The number of nitrogens with one attached hydrogen (secondary N) is 1. The number of benzene rings is 1. The number of piperazine rings is 1. The first-order valence-corrected chi connectivity index (χ1v) is 8.48. The third kappa shape index (κ3) is 5.20. The van der Waals surface area contributed by atoms with Crippen molar-refractivity contribution in [3.63, 3.8) is 0 Å². The Balaban J connectivity index is 1.83. The lowest BCUT2D eigenvalue weighted by Gasteiger charge is -2.35. The maximum absolute atomic E-state index is 12.5. The minimum atomic E-state index is -0.603. The molecule has 2 rings (SSSR count). The molecule has 0 bridgehead atoms. The molecule has 1 N–H and O–H groups in total. The van der Waals surface area contributed by atoms with E-state index in [2.05, 4.69) is 5.32 Å². The minimum Gasteiger partial charge on any atom is -0.481 e. The van der Waals surface area contributed by atoms with Gasteiger partial charge in [-0.05, 0) is 32.9 Å². The Morgan fingerprint density at radius 3 is 2.08 bits per heavy atom. The Labute approximate surface area is 147 Å². The summed E-state index contributed by atoms with van der Waals surface area (Å²) in [6, 6.07) is 9.08. The molecule has 0 spiro atoms. The summed E-state index contributed by atoms with van der Waals surface area (Å²) < 4.78 is 5.65. The molecule has 1 fully saturated rings. The fourth-order valence-electron chi connectivity index (χ4n) is 2.61. The van der Waals surface area contributed by atoms with Crippen LogP contribution in [0.3, 0.4) is 0 Å². The summed E-state index contributed by atoms with van der Waals surface area (Å²) in [4.78, 5) is 39.5. The van der Waals surface area contributed by atoms with Crippen molar-refractivity contribution in [2.45, 2.75) is 32.9 Å². The van der Waals surface area contributed by atoms with Crippen LogP contribution in [0, 0.1) is 0 Å². The van der Waals surface area contributed by atoms with Gasteiger partial charge in [0.05, 0.1) is 0 Å². The van der Waals surface area contributed by atoms with Crippen LogP contribution >= 0.6 is 0 Å². The van der Waals surface area contributed by atoms with E-state index in [1.165, 1.54) is 4.90 Å². The van der Waals surface area contributed by atoms with Crippen molar-refractivity contribution in [3.8, 4) is 5.75 Å². The van der Waals surface area contributed by atoms with E-state index < -0.39 is 17.9 Å². The molecule has 0 aromatic heterocycles. The summed E-state index contributed by atoms with van der Waals surface area (Å²) >= 11 is 0. The normalized spacial score (nSPS) is 15.7. The lowest BCUT2D eigenvalue weighted by atomic mass is 10.2. The van der Waals surface area contributed by atoms with Crippen LogP contribution in [-0.4, -0.2) is 65.8 Å². The first kappa shape index (κ1) is 18.8. The molecule has 0 unspecified atom stereocenters. The number of para-hydroxylation sites is 1. The molecule has 7 nitrogen and oxygen atoms in total. The second-order valence-electron chi connectivity index (χ2n) is 6.32. The SMILES string of the molecule is CC(C)NC(=O)C(=O)N1CCN(C(=O)[C@H](C)Oc2ccccc2)CC1. The molecule has 1 aromatic rings. The summed E-state index contributed by atoms with van der Waals surface area (Å²) in [6.07, 6.45) is -0.603. The van der Waals surface area contributed by atoms with E-state index in [1.54, 1.807) is 37.8 Å². The topological polar surface area (TPSA) is 79.0 Å². The van der Waals surface area contributed by atoms with E-state index >= 15 is 0 Å². The van der Waals surface area contributed by atoms with Gasteiger partial charge in [-0.15, -0.1) is 0 Å². The molecule has 0 saturated carbocycles. The molecule has 7 heteroatoms. The van der Waals surface area contributed by atoms with Gasteiger partial charge in [0.25, 0.3) is 5.91 Å². The first-order valence-electron chi connectivity index (χ1n) is 8.48. The zero-order chi connectivity index (χ0) is 18.4. The van der Waals surface area contributed by atoms with Crippen LogP contribution in [0.15, 0.2) is 30.3 Å². The maximum Gasteiger partial charge on any atom is 0.312 e. The highest BCUT2D eigenvalue weighted by molar-refractivity contribution is 6.35. The van der Waals surface area contributed by atoms with Gasteiger partial charge in [-0.3, -0.25) is 14.4 Å². The quantitative estimate of drug-likeness (QED) is 0.811. The van der Waals surface area contributed by atoms with Gasteiger partial charge in [-0.2, -0.15) is 0 Å². The fraction of sp³-hybridized carbons (Fsp3) is 0.500. The number of carbonyl (C=O) groups is 3. The van der Waals surface area contributed by atoms with E-state index in [0.717, 1.165) is 0 Å². The number of amides is 3. The van der Waals surface area contributed by atoms with Crippen molar-refractivity contribution >= 4 is 17.7 Å². The van der Waals surface area contributed by atoms with Gasteiger partial charge in [-0.1, -0.05) is 18.2 Å². The number of hydrogen-bond donors (Lipinski definition) is 1. The third-order valence-electron chi connectivity index (χ3n) is 3.90. The highest BCUT2D eigenvalue weighted by Crippen LogP contribution is 2.13. The van der Waals surface area contributed by atoms with Crippen LogP contribution in [0.5, 0.6) is 5.75 Å². The van der Waals surface area contributed by atoms with Crippen molar-refractivity contribution in [2.75, 3.05) is 26.2 Å². The van der Waals surface area contributed by atoms with Crippen LogP contribution < -0.4 is 10.1 Å². The first-order chi connectivity index (χ1) is 11.9. The Morgan fingerprint density at radius 2 is 1.52 bits per heavy atom. The van der Waals surface area contributed by atoms with Gasteiger partial charge in [0.15, 0.2) is 6.10 Å². The van der Waals surface area contributed by atoms with E-state index in [-0.39, 0.29) is 11.9 Å². The van der Waals surface area contributed by atoms with Crippen LogP contribution in [-0.2, 0) is 14.4 Å². The van der Waals surface area contributed by atoms with Crippen LogP contribution in [0.1, 0.15) is 20.8 Å². The number of rotatable bonds is 4. The zero-order valence-corrected chi connectivity index (χ0v) is 14.9. The summed E-state index contributed by atoms with van der Waals surface area (Å²) in [5.74, 6) is -0.630. The summed E-state index contributed by atoms with van der Waals surface area (Å²) in [5.41, 5.74) is 0. The molecule has 1 atom stereocenters. The Kier molecular flexibility index (Phi) is 6.38. The Hall–Kier alpha value is -2.57. The van der Waals surface area contributed by atoms with Gasteiger partial charge in [0.2, 0.25) is 0 Å². The lowest BCUT2D eigenvalue weighted by molar-refractivity contribution is -0.149. The summed E-state index contributed by atoms with van der Waals surface area (Å²) in [5, 5.41) is 2.59. The molecular weight excluding hydrogens is 322 g/mol. The number of hydrogen-bond acceptors (Lipinski definition) is 4. The van der Waals surface area contributed by atoms with Crippen molar-refractivity contribution < 1.29 is 19.1 Å². The molecule has 1 aliphatic rings. The molecule has 136 valence electrons. The van der Waals surface area contributed by atoms with Gasteiger partial charge >= 0.3 is 11.8 Å². The maximum atomic E-state index is 12.5. The molecule has 0 aliphatic carbocycles. The second kappa shape index (κ2) is 8.50. The number of nitrogens with zero attached hydrogens (tertiary/aromatic N) is 2. The largest absolute Gasteiger partial charge is 0.481 e.